The van der Waals surface area contributed by atoms with Gasteiger partial charge in [0.05, 0.1) is 6.20 Å². The van der Waals surface area contributed by atoms with Gasteiger partial charge in [-0.25, -0.2) is 0 Å². The van der Waals surface area contributed by atoms with Gasteiger partial charge >= 0.3 is 0 Å². The van der Waals surface area contributed by atoms with Gasteiger partial charge in [-0.15, -0.1) is 0 Å². The van der Waals surface area contributed by atoms with Gasteiger partial charge in [0.25, 0.3) is 0 Å². The average Bonchev–Trinajstić information content (AvgIpc) is 2.81. The van der Waals surface area contributed by atoms with Crippen molar-refractivity contribution in [3.63, 3.8) is 0 Å². The molecule has 0 amide bonds. The molecule has 0 spiro atoms. The van der Waals surface area contributed by atoms with E-state index in [4.69, 9.17) is 11.6 Å². The van der Waals surface area contributed by atoms with Crippen LogP contribution in [-0.4, -0.2) is 9.78 Å². The zero-order chi connectivity index (χ0) is 13.2. The Morgan fingerprint density at radius 2 is 2.16 bits per heavy atom. The number of aromatic nitrogens is 2. The summed E-state index contributed by atoms with van der Waals surface area (Å²) in [5.74, 6) is 0. The third kappa shape index (κ3) is 2.67. The third-order valence-electron chi connectivity index (χ3n) is 3.84. The van der Waals surface area contributed by atoms with Crippen LogP contribution in [0.1, 0.15) is 35.7 Å². The van der Waals surface area contributed by atoms with Gasteiger partial charge in [-0.2, -0.15) is 5.10 Å². The predicted molar refractivity (Wildman–Crippen MR) is 77.2 cm³/mol. The Morgan fingerprint density at radius 1 is 1.37 bits per heavy atom. The van der Waals surface area contributed by atoms with Crippen molar-refractivity contribution in [2.24, 2.45) is 7.05 Å². The molecule has 1 N–H and O–H groups in total. The van der Waals surface area contributed by atoms with Crippen LogP contribution in [0.2, 0.25) is 5.02 Å². The summed E-state index contributed by atoms with van der Waals surface area (Å²) in [6.07, 6.45) is 5.57. The Hall–Kier alpha value is -1.32. The van der Waals surface area contributed by atoms with E-state index in [1.807, 2.05) is 30.1 Å². The zero-order valence-electron chi connectivity index (χ0n) is 11.1. The van der Waals surface area contributed by atoms with E-state index in [1.165, 1.54) is 29.7 Å². The maximum atomic E-state index is 5.90. The fourth-order valence-corrected chi connectivity index (χ4v) is 2.89. The number of halogens is 1. The Balaban J connectivity index is 1.69. The van der Waals surface area contributed by atoms with Gasteiger partial charge in [-0.05, 0) is 37.0 Å². The summed E-state index contributed by atoms with van der Waals surface area (Å²) in [6, 6.07) is 8.45. The fraction of sp³-hybridized carbons (Fsp3) is 0.400. The summed E-state index contributed by atoms with van der Waals surface area (Å²) in [5.41, 5.74) is 4.00. The summed E-state index contributed by atoms with van der Waals surface area (Å²) in [7, 11) is 2.03. The molecule has 1 heterocycles. The van der Waals surface area contributed by atoms with Crippen molar-refractivity contribution in [2.75, 3.05) is 0 Å². The van der Waals surface area contributed by atoms with Crippen molar-refractivity contribution in [1.29, 1.82) is 0 Å². The molecule has 1 aliphatic rings. The molecule has 1 unspecified atom stereocenters. The van der Waals surface area contributed by atoms with Crippen LogP contribution in [-0.2, 0) is 20.0 Å². The lowest BCUT2D eigenvalue weighted by Crippen LogP contribution is -2.24. The van der Waals surface area contributed by atoms with Crippen LogP contribution in [0.25, 0.3) is 0 Å². The number of nitrogens with zero attached hydrogens (tertiary/aromatic N) is 2. The lowest BCUT2D eigenvalue weighted by molar-refractivity contribution is 0.452. The third-order valence-corrected chi connectivity index (χ3v) is 4.09. The smallest absolute Gasteiger partial charge is 0.0540 e. The van der Waals surface area contributed by atoms with Gasteiger partial charge in [0.15, 0.2) is 0 Å². The summed E-state index contributed by atoms with van der Waals surface area (Å²) < 4.78 is 2.01. The number of fused-ring (bicyclic) bond motifs is 1. The van der Waals surface area contributed by atoms with Crippen molar-refractivity contribution >= 4 is 11.6 Å². The monoisotopic (exact) mass is 275 g/mol. The molecule has 3 rings (SSSR count). The van der Waals surface area contributed by atoms with Crippen LogP contribution < -0.4 is 5.32 Å². The second-order valence-electron chi connectivity index (χ2n) is 5.12. The van der Waals surface area contributed by atoms with Crippen molar-refractivity contribution < 1.29 is 0 Å². The van der Waals surface area contributed by atoms with Crippen LogP contribution in [0, 0.1) is 0 Å². The standard InChI is InChI=1S/C15H18ClN3/c1-19-15-4-2-3-14(13(15)10-18-19)17-9-11-5-7-12(16)8-6-11/h5-8,10,14,17H,2-4,9H2,1H3. The highest BCUT2D eigenvalue weighted by Gasteiger charge is 2.22. The van der Waals surface area contributed by atoms with Crippen LogP contribution in [0.15, 0.2) is 30.5 Å². The van der Waals surface area contributed by atoms with Gasteiger partial charge in [0, 0.05) is 35.9 Å². The Bertz CT molecular complexity index is 559. The molecule has 0 radical (unpaired) electrons. The number of nitrogens with one attached hydrogen (secondary N) is 1. The van der Waals surface area contributed by atoms with Gasteiger partial charge in [-0.1, -0.05) is 23.7 Å². The van der Waals surface area contributed by atoms with E-state index < -0.39 is 0 Å². The van der Waals surface area contributed by atoms with Gasteiger partial charge < -0.3 is 5.32 Å². The number of aryl methyl sites for hydroxylation is 1. The van der Waals surface area contributed by atoms with Crippen LogP contribution in [0.4, 0.5) is 0 Å². The van der Waals surface area contributed by atoms with Crippen molar-refractivity contribution in [2.45, 2.75) is 31.8 Å². The Kier molecular flexibility index (Phi) is 3.58. The van der Waals surface area contributed by atoms with E-state index in [9.17, 15) is 0 Å². The molecular weight excluding hydrogens is 258 g/mol. The first-order valence-corrected chi connectivity index (χ1v) is 7.10. The number of hydrogen-bond donors (Lipinski definition) is 1. The van der Waals surface area contributed by atoms with Crippen LogP contribution in [0.3, 0.4) is 0 Å². The Labute approximate surface area is 118 Å². The molecule has 0 fully saturated rings. The molecule has 4 heteroatoms. The van der Waals surface area contributed by atoms with Gasteiger partial charge in [-0.3, -0.25) is 4.68 Å². The molecule has 100 valence electrons. The second-order valence-corrected chi connectivity index (χ2v) is 5.56. The highest BCUT2D eigenvalue weighted by atomic mass is 35.5. The lowest BCUT2D eigenvalue weighted by atomic mass is 9.93. The quantitative estimate of drug-likeness (QED) is 0.932. The maximum Gasteiger partial charge on any atom is 0.0540 e. The van der Waals surface area contributed by atoms with Crippen LogP contribution >= 0.6 is 11.6 Å². The molecule has 19 heavy (non-hydrogen) atoms. The SMILES string of the molecule is Cn1ncc2c1CCCC2NCc1ccc(Cl)cc1. The minimum absolute atomic E-state index is 0.424. The van der Waals surface area contributed by atoms with E-state index >= 15 is 0 Å². The average molecular weight is 276 g/mol. The number of benzene rings is 1. The molecule has 0 bridgehead atoms. The first-order chi connectivity index (χ1) is 9.24. The second kappa shape index (κ2) is 5.35. The summed E-state index contributed by atoms with van der Waals surface area (Å²) >= 11 is 5.90. The number of hydrogen-bond acceptors (Lipinski definition) is 2. The minimum Gasteiger partial charge on any atom is -0.306 e. The van der Waals surface area contributed by atoms with Crippen LogP contribution in [0.5, 0.6) is 0 Å². The van der Waals surface area contributed by atoms with Gasteiger partial charge in [0.2, 0.25) is 0 Å². The van der Waals surface area contributed by atoms with Crippen molar-refractivity contribution in [3.05, 3.63) is 52.3 Å². The van der Waals surface area contributed by atoms with Crippen molar-refractivity contribution in [1.82, 2.24) is 15.1 Å². The topological polar surface area (TPSA) is 29.9 Å². The molecule has 2 aromatic rings. The molecule has 1 aromatic heterocycles. The predicted octanol–water partition coefficient (Wildman–Crippen LogP) is 3.24. The van der Waals surface area contributed by atoms with Crippen molar-refractivity contribution in [3.8, 4) is 0 Å². The molecule has 0 saturated heterocycles. The first kappa shape index (κ1) is 12.7. The molecule has 0 saturated carbocycles. The molecule has 1 aromatic carbocycles. The van der Waals surface area contributed by atoms with E-state index in [1.54, 1.807) is 0 Å². The largest absolute Gasteiger partial charge is 0.306 e. The fourth-order valence-electron chi connectivity index (χ4n) is 2.76. The highest BCUT2D eigenvalue weighted by molar-refractivity contribution is 6.30. The molecular formula is C15H18ClN3. The van der Waals surface area contributed by atoms with E-state index in [-0.39, 0.29) is 0 Å². The van der Waals surface area contributed by atoms with E-state index in [0.717, 1.165) is 18.0 Å². The first-order valence-electron chi connectivity index (χ1n) is 6.72. The summed E-state index contributed by atoms with van der Waals surface area (Å²) in [6.45, 7) is 0.871. The molecule has 0 aliphatic heterocycles. The van der Waals surface area contributed by atoms with E-state index in [2.05, 4.69) is 22.5 Å². The Morgan fingerprint density at radius 3 is 2.95 bits per heavy atom. The molecule has 1 atom stereocenters. The maximum absolute atomic E-state index is 5.90. The summed E-state index contributed by atoms with van der Waals surface area (Å²) in [5, 5.41) is 8.79. The molecule has 1 aliphatic carbocycles. The highest BCUT2D eigenvalue weighted by Crippen LogP contribution is 2.29. The van der Waals surface area contributed by atoms with Gasteiger partial charge in [0.1, 0.15) is 0 Å². The van der Waals surface area contributed by atoms with E-state index in [0.29, 0.717) is 6.04 Å². The lowest BCUT2D eigenvalue weighted by Gasteiger charge is -2.24. The summed E-state index contributed by atoms with van der Waals surface area (Å²) in [4.78, 5) is 0. The zero-order valence-corrected chi connectivity index (χ0v) is 11.8. The molecule has 3 nitrogen and oxygen atoms in total. The number of rotatable bonds is 3. The minimum atomic E-state index is 0.424. The normalized spacial score (nSPS) is 18.3.